The van der Waals surface area contributed by atoms with Crippen LogP contribution >= 0.6 is 0 Å². The smallest absolute Gasteiger partial charge is 0.322 e. The van der Waals surface area contributed by atoms with Crippen molar-refractivity contribution in [3.63, 3.8) is 0 Å². The number of benzene rings is 4. The number of rotatable bonds is 6. The first kappa shape index (κ1) is 36.1. The van der Waals surface area contributed by atoms with Gasteiger partial charge in [-0.2, -0.15) is 26.3 Å². The van der Waals surface area contributed by atoms with Gasteiger partial charge in [0.05, 0.1) is 40.5 Å². The normalized spacial score (nSPS) is 21.0. The molecule has 2 saturated heterocycles. The number of nitrogens with one attached hydrogen (secondary N) is 3. The summed E-state index contributed by atoms with van der Waals surface area (Å²) >= 11 is 0. The Hall–Kier alpha value is -6.32. The molecule has 0 radical (unpaired) electrons. The maximum Gasteiger partial charge on any atom is 0.417 e. The minimum absolute atomic E-state index is 0.0307. The lowest BCUT2D eigenvalue weighted by Crippen LogP contribution is -2.35. The number of halogens is 6. The third-order valence-corrected chi connectivity index (χ3v) is 9.86. The van der Waals surface area contributed by atoms with Crippen LogP contribution in [0.3, 0.4) is 0 Å². The van der Waals surface area contributed by atoms with Crippen molar-refractivity contribution in [2.45, 2.75) is 25.2 Å². The second-order valence-electron chi connectivity index (χ2n) is 13.1. The van der Waals surface area contributed by atoms with Crippen molar-refractivity contribution in [1.29, 1.82) is 0 Å². The van der Waals surface area contributed by atoms with E-state index in [-0.39, 0.29) is 35.3 Å². The van der Waals surface area contributed by atoms with Gasteiger partial charge in [0.15, 0.2) is 0 Å². The molecule has 7 rings (SSSR count). The highest BCUT2D eigenvalue weighted by Gasteiger charge is 2.58. The molecule has 10 nitrogen and oxygen atoms in total. The first-order valence-corrected chi connectivity index (χ1v) is 16.4. The number of amides is 6. The van der Waals surface area contributed by atoms with E-state index in [4.69, 9.17) is 0 Å². The van der Waals surface area contributed by atoms with Crippen LogP contribution in [0.5, 0.6) is 0 Å². The molecule has 0 spiro atoms. The Bertz CT molecular complexity index is 2200. The topological polar surface area (TPSA) is 142 Å². The maximum absolute atomic E-state index is 14.4. The average molecular weight is 749 g/mol. The zero-order chi connectivity index (χ0) is 38.7. The Morgan fingerprint density at radius 2 is 1.00 bits per heavy atom. The molecule has 3 fully saturated rings. The van der Waals surface area contributed by atoms with Crippen molar-refractivity contribution in [3.05, 3.63) is 113 Å². The number of hydrogen-bond acceptors (Lipinski definition) is 6. The van der Waals surface area contributed by atoms with Crippen LogP contribution in [0.4, 0.5) is 43.4 Å². The number of carbonyl (C=O) groups is 6. The lowest BCUT2D eigenvalue weighted by atomic mass is 9.70. The summed E-state index contributed by atoms with van der Waals surface area (Å²) in [5.41, 5.74) is -5.07. The molecule has 4 aromatic carbocycles. The molecule has 6 amide bonds. The van der Waals surface area contributed by atoms with E-state index in [9.17, 15) is 55.1 Å². The highest BCUT2D eigenvalue weighted by atomic mass is 19.4. The van der Waals surface area contributed by atoms with Crippen LogP contribution in [0.25, 0.3) is 11.1 Å². The van der Waals surface area contributed by atoms with E-state index in [2.05, 4.69) is 16.0 Å². The summed E-state index contributed by atoms with van der Waals surface area (Å²) in [5, 5.41) is 6.84. The van der Waals surface area contributed by atoms with Crippen LogP contribution in [0.1, 0.15) is 44.7 Å². The summed E-state index contributed by atoms with van der Waals surface area (Å²) in [6.07, 6.45) is -10.2. The number of imide groups is 2. The van der Waals surface area contributed by atoms with Gasteiger partial charge in [-0.05, 0) is 84.6 Å². The zero-order valence-corrected chi connectivity index (χ0v) is 27.5. The third-order valence-electron chi connectivity index (χ3n) is 9.86. The van der Waals surface area contributed by atoms with Crippen molar-refractivity contribution in [1.82, 2.24) is 5.32 Å². The number of carbonyl (C=O) groups excluding carboxylic acids is 6. The molecule has 16 heteroatoms. The molecule has 4 atom stereocenters. The number of anilines is 3. The van der Waals surface area contributed by atoms with E-state index in [1.165, 1.54) is 36.4 Å². The number of alkyl halides is 6. The molecule has 2 aliphatic heterocycles. The van der Waals surface area contributed by atoms with Gasteiger partial charge in [-0.1, -0.05) is 30.3 Å². The van der Waals surface area contributed by atoms with E-state index in [0.29, 0.717) is 12.1 Å². The minimum atomic E-state index is -5.16. The molecule has 1 aliphatic carbocycles. The van der Waals surface area contributed by atoms with E-state index in [1.54, 1.807) is 18.2 Å². The van der Waals surface area contributed by atoms with Crippen LogP contribution in [0.15, 0.2) is 91.0 Å². The summed E-state index contributed by atoms with van der Waals surface area (Å²) in [5.74, 6) is -6.76. The number of nitrogens with zero attached hydrogens (tertiary/aromatic N) is 1. The molecular formula is C38H26F6N4O6. The molecule has 0 bridgehead atoms. The van der Waals surface area contributed by atoms with Crippen molar-refractivity contribution in [2.24, 2.45) is 23.7 Å². The fourth-order valence-corrected chi connectivity index (χ4v) is 7.27. The van der Waals surface area contributed by atoms with Gasteiger partial charge in [-0.3, -0.25) is 39.0 Å². The summed E-state index contributed by atoms with van der Waals surface area (Å²) in [4.78, 5) is 77.4. The minimum Gasteiger partial charge on any atom is -0.322 e. The Labute approximate surface area is 301 Å². The maximum atomic E-state index is 14.4. The van der Waals surface area contributed by atoms with Gasteiger partial charge < -0.3 is 10.6 Å². The molecule has 2 heterocycles. The molecule has 276 valence electrons. The Kier molecular flexibility index (Phi) is 8.86. The fourth-order valence-electron chi connectivity index (χ4n) is 7.27. The number of hydrogen-bond donors (Lipinski definition) is 3. The Morgan fingerprint density at radius 1 is 0.574 bits per heavy atom. The van der Waals surface area contributed by atoms with Gasteiger partial charge in [-0.25, -0.2) is 0 Å². The SMILES string of the molecule is O=C(Nc1ccc(-c2ccc(NC(=O)c3ccc(N4C(=O)[C@@H]5C[C@@H]6C(=O)NC(=O)[C@H]6C[C@H]5C4=O)cc3)cc2C(F)(F)F)c(C(F)(F)F)c1)c1ccccc1. The van der Waals surface area contributed by atoms with Crippen molar-refractivity contribution in [3.8, 4) is 11.1 Å². The molecule has 0 unspecified atom stereocenters. The van der Waals surface area contributed by atoms with Gasteiger partial charge in [0.2, 0.25) is 23.6 Å². The molecule has 54 heavy (non-hydrogen) atoms. The highest BCUT2D eigenvalue weighted by molar-refractivity contribution is 6.23. The second kappa shape index (κ2) is 13.3. The summed E-state index contributed by atoms with van der Waals surface area (Å²) < 4.78 is 85.8. The van der Waals surface area contributed by atoms with E-state index in [1.807, 2.05) is 0 Å². The predicted octanol–water partition coefficient (Wildman–Crippen LogP) is 6.68. The molecule has 4 aromatic rings. The van der Waals surface area contributed by atoms with Gasteiger partial charge in [0.1, 0.15) is 0 Å². The van der Waals surface area contributed by atoms with Crippen LogP contribution in [0, 0.1) is 23.7 Å². The summed E-state index contributed by atoms with van der Waals surface area (Å²) in [7, 11) is 0. The quantitative estimate of drug-likeness (QED) is 0.148. The van der Waals surface area contributed by atoms with E-state index < -0.39 is 99.4 Å². The number of fused-ring (bicyclic) bond motifs is 2. The van der Waals surface area contributed by atoms with Crippen LogP contribution in [-0.4, -0.2) is 35.4 Å². The van der Waals surface area contributed by atoms with E-state index >= 15 is 0 Å². The molecule has 0 aromatic heterocycles. The van der Waals surface area contributed by atoms with Gasteiger partial charge in [-0.15, -0.1) is 0 Å². The van der Waals surface area contributed by atoms with Gasteiger partial charge in [0, 0.05) is 22.5 Å². The van der Waals surface area contributed by atoms with Gasteiger partial charge >= 0.3 is 12.4 Å². The largest absolute Gasteiger partial charge is 0.417 e. The predicted molar refractivity (Wildman–Crippen MR) is 180 cm³/mol. The third kappa shape index (κ3) is 6.58. The standard InChI is InChI=1S/C38H26F6N4O6/c39-37(40,41)29-14-20(45-31(49)18-4-2-1-3-5-18)8-12-23(29)24-13-9-21(15-30(24)38(42,43)44)46-32(50)19-6-10-22(11-7-19)48-35(53)27-16-25-26(17-28(27)36(48)54)34(52)47-33(25)51/h1-15,25-28H,16-17H2,(H,45,49)(H,46,50)(H,47,51,52)/t25-,26-,27+,28+/m0/s1. The van der Waals surface area contributed by atoms with Crippen molar-refractivity contribution < 1.29 is 55.1 Å². The highest BCUT2D eigenvalue weighted by Crippen LogP contribution is 2.47. The molecule has 1 saturated carbocycles. The summed E-state index contributed by atoms with van der Waals surface area (Å²) in [6, 6.07) is 17.3. The van der Waals surface area contributed by atoms with E-state index in [0.717, 1.165) is 29.2 Å². The van der Waals surface area contributed by atoms with Crippen LogP contribution < -0.4 is 20.9 Å². The van der Waals surface area contributed by atoms with Crippen LogP contribution in [0.2, 0.25) is 0 Å². The first-order valence-electron chi connectivity index (χ1n) is 16.4. The lowest BCUT2D eigenvalue weighted by molar-refractivity contribution is -0.139. The Balaban J connectivity index is 1.10. The molecule has 3 aliphatic rings. The lowest BCUT2D eigenvalue weighted by Gasteiger charge is -2.28. The van der Waals surface area contributed by atoms with Crippen molar-refractivity contribution in [2.75, 3.05) is 15.5 Å². The van der Waals surface area contributed by atoms with Crippen LogP contribution in [-0.2, 0) is 31.5 Å². The average Bonchev–Trinajstić information content (AvgIpc) is 3.56. The molecule has 3 N–H and O–H groups in total. The summed E-state index contributed by atoms with van der Waals surface area (Å²) in [6.45, 7) is 0. The Morgan fingerprint density at radius 3 is 1.43 bits per heavy atom. The first-order chi connectivity index (χ1) is 25.5. The second-order valence-corrected chi connectivity index (χ2v) is 13.1. The van der Waals surface area contributed by atoms with Gasteiger partial charge in [0.25, 0.3) is 11.8 Å². The monoisotopic (exact) mass is 748 g/mol. The fraction of sp³-hybridized carbons (Fsp3) is 0.211. The molecular weight excluding hydrogens is 722 g/mol. The van der Waals surface area contributed by atoms with Crippen molar-refractivity contribution >= 4 is 52.5 Å². The zero-order valence-electron chi connectivity index (χ0n) is 27.5.